The molecule has 2 aromatic rings. The number of hydrogen-bond donors (Lipinski definition) is 0. The molecule has 2 atom stereocenters. The Labute approximate surface area is 211 Å². The molecule has 188 valence electrons. The molecule has 3 rings (SSSR count). The van der Waals surface area contributed by atoms with Crippen molar-refractivity contribution in [3.8, 4) is 6.07 Å². The smallest absolute Gasteiger partial charge is 0.123 e. The van der Waals surface area contributed by atoms with Crippen LogP contribution < -0.4 is 0 Å². The van der Waals surface area contributed by atoms with Crippen LogP contribution in [0.25, 0.3) is 0 Å². The first-order valence-corrected chi connectivity index (χ1v) is 12.5. The number of rotatable bonds is 4. The van der Waals surface area contributed by atoms with Gasteiger partial charge in [-0.2, -0.15) is 5.26 Å². The Morgan fingerprint density at radius 1 is 1.24 bits per heavy atom. The molecule has 0 aliphatic carbocycles. The first-order chi connectivity index (χ1) is 16.1. The molecule has 0 saturated carbocycles. The van der Waals surface area contributed by atoms with Crippen LogP contribution in [0.5, 0.6) is 0 Å². The van der Waals surface area contributed by atoms with Gasteiger partial charge in [-0.15, -0.1) is 0 Å². The quantitative estimate of drug-likeness (QED) is 0.412. The lowest BCUT2D eigenvalue weighted by atomic mass is 10.1. The number of halogens is 2. The Morgan fingerprint density at radius 3 is 2.26 bits per heavy atom. The minimum absolute atomic E-state index is 0.137. The van der Waals surface area contributed by atoms with E-state index >= 15 is 0 Å². The first-order valence-electron chi connectivity index (χ1n) is 12.1. The van der Waals surface area contributed by atoms with Crippen LogP contribution in [0.15, 0.2) is 36.4 Å². The van der Waals surface area contributed by atoms with Gasteiger partial charge >= 0.3 is 0 Å². The van der Waals surface area contributed by atoms with E-state index in [1.807, 2.05) is 45.9 Å². The number of carbonyl (C=O) groups excluding carboxylic acids is 1. The van der Waals surface area contributed by atoms with Crippen molar-refractivity contribution in [2.75, 3.05) is 20.1 Å². The van der Waals surface area contributed by atoms with Gasteiger partial charge < -0.3 is 9.69 Å². The van der Waals surface area contributed by atoms with E-state index in [-0.39, 0.29) is 11.7 Å². The Kier molecular flexibility index (Phi) is 17.0. The summed E-state index contributed by atoms with van der Waals surface area (Å²) in [5.74, 6) is 1.08. The highest BCUT2D eigenvalue weighted by Gasteiger charge is 2.13. The fourth-order valence-electron chi connectivity index (χ4n) is 3.41. The number of hydrogen-bond acceptors (Lipinski definition) is 3. The SMILES string of the molecule is CC1CCN(C)C1.CCCC(C)C=O.CCc1cc(F)ccc1C.Cc1ccc(C#N)c(Cl)c1. The van der Waals surface area contributed by atoms with Gasteiger partial charge in [-0.3, -0.25) is 0 Å². The van der Waals surface area contributed by atoms with Crippen LogP contribution in [0.1, 0.15) is 69.2 Å². The lowest BCUT2D eigenvalue weighted by molar-refractivity contribution is -0.110. The van der Waals surface area contributed by atoms with E-state index in [2.05, 4.69) is 25.8 Å². The predicted molar refractivity (Wildman–Crippen MR) is 143 cm³/mol. The molecular formula is C29H42ClFN2O. The summed E-state index contributed by atoms with van der Waals surface area (Å²) in [5.41, 5.74) is 3.88. The molecule has 34 heavy (non-hydrogen) atoms. The van der Waals surface area contributed by atoms with Gasteiger partial charge in [0.2, 0.25) is 0 Å². The molecule has 0 spiro atoms. The highest BCUT2D eigenvalue weighted by Crippen LogP contribution is 2.15. The lowest BCUT2D eigenvalue weighted by Gasteiger charge is -2.03. The molecule has 3 nitrogen and oxygen atoms in total. The van der Waals surface area contributed by atoms with Gasteiger partial charge in [-0.1, -0.05) is 57.8 Å². The van der Waals surface area contributed by atoms with E-state index in [0.717, 1.165) is 42.6 Å². The van der Waals surface area contributed by atoms with Gasteiger partial charge in [-0.05, 0) is 93.6 Å². The minimum atomic E-state index is -0.137. The van der Waals surface area contributed by atoms with E-state index in [0.29, 0.717) is 10.6 Å². The van der Waals surface area contributed by atoms with Gasteiger partial charge in [0.1, 0.15) is 18.2 Å². The minimum Gasteiger partial charge on any atom is -0.306 e. The fraction of sp³-hybridized carbons (Fsp3) is 0.517. The second-order valence-electron chi connectivity index (χ2n) is 9.08. The summed E-state index contributed by atoms with van der Waals surface area (Å²) >= 11 is 5.71. The Hall–Kier alpha value is -2.22. The third-order valence-electron chi connectivity index (χ3n) is 5.54. The van der Waals surface area contributed by atoms with E-state index in [4.69, 9.17) is 16.9 Å². The number of nitriles is 1. The van der Waals surface area contributed by atoms with Crippen LogP contribution in [0.3, 0.4) is 0 Å². The van der Waals surface area contributed by atoms with Crippen molar-refractivity contribution in [2.24, 2.45) is 11.8 Å². The largest absolute Gasteiger partial charge is 0.306 e. The van der Waals surface area contributed by atoms with E-state index in [9.17, 15) is 9.18 Å². The molecule has 2 aromatic carbocycles. The molecule has 1 heterocycles. The molecule has 0 radical (unpaired) electrons. The molecule has 1 saturated heterocycles. The van der Waals surface area contributed by atoms with Crippen LogP contribution >= 0.6 is 11.6 Å². The zero-order valence-corrected chi connectivity index (χ0v) is 22.8. The van der Waals surface area contributed by atoms with Crippen molar-refractivity contribution in [1.29, 1.82) is 5.26 Å². The first kappa shape index (κ1) is 31.8. The molecule has 1 aliphatic rings. The van der Waals surface area contributed by atoms with E-state index in [1.165, 1.54) is 31.1 Å². The number of likely N-dealkylation sites (tertiary alicyclic amines) is 1. The normalized spacial score (nSPS) is 15.4. The Morgan fingerprint density at radius 2 is 1.91 bits per heavy atom. The third-order valence-corrected chi connectivity index (χ3v) is 5.85. The van der Waals surface area contributed by atoms with Crippen LogP contribution in [-0.2, 0) is 11.2 Å². The summed E-state index contributed by atoms with van der Waals surface area (Å²) < 4.78 is 12.5. The second-order valence-corrected chi connectivity index (χ2v) is 9.48. The third kappa shape index (κ3) is 14.1. The molecule has 1 fully saturated rings. The van der Waals surface area contributed by atoms with Gasteiger partial charge in [0.05, 0.1) is 10.6 Å². The van der Waals surface area contributed by atoms with Crippen LogP contribution in [0.2, 0.25) is 5.02 Å². The van der Waals surface area contributed by atoms with Gasteiger partial charge in [0, 0.05) is 12.5 Å². The predicted octanol–water partition coefficient (Wildman–Crippen LogP) is 7.80. The summed E-state index contributed by atoms with van der Waals surface area (Å²) in [7, 11) is 2.18. The maximum absolute atomic E-state index is 12.5. The maximum atomic E-state index is 12.5. The summed E-state index contributed by atoms with van der Waals surface area (Å²) in [6.45, 7) is 14.9. The number of aryl methyl sites for hydroxylation is 3. The second kappa shape index (κ2) is 18.2. The lowest BCUT2D eigenvalue weighted by Crippen LogP contribution is -2.12. The van der Waals surface area contributed by atoms with Crippen LogP contribution in [-0.4, -0.2) is 31.3 Å². The Balaban J connectivity index is 0.000000434. The maximum Gasteiger partial charge on any atom is 0.123 e. The van der Waals surface area contributed by atoms with Crippen molar-refractivity contribution in [1.82, 2.24) is 4.90 Å². The van der Waals surface area contributed by atoms with E-state index in [1.54, 1.807) is 18.2 Å². The summed E-state index contributed by atoms with van der Waals surface area (Å²) in [6.07, 6.45) is 5.45. The van der Waals surface area contributed by atoms with Gasteiger partial charge in [-0.25, -0.2) is 4.39 Å². The van der Waals surface area contributed by atoms with Crippen molar-refractivity contribution >= 4 is 17.9 Å². The average molecular weight is 489 g/mol. The zero-order valence-electron chi connectivity index (χ0n) is 22.0. The van der Waals surface area contributed by atoms with E-state index < -0.39 is 0 Å². The molecule has 0 bridgehead atoms. The molecule has 0 amide bonds. The molecule has 0 aromatic heterocycles. The molecule has 5 heteroatoms. The zero-order chi connectivity index (χ0) is 26.1. The monoisotopic (exact) mass is 488 g/mol. The molecule has 2 unspecified atom stereocenters. The Bertz CT molecular complexity index is 877. The number of carbonyl (C=O) groups is 1. The number of nitrogens with zero attached hydrogens (tertiary/aromatic N) is 2. The van der Waals surface area contributed by atoms with Crippen LogP contribution in [0, 0.1) is 42.8 Å². The highest BCUT2D eigenvalue weighted by molar-refractivity contribution is 6.31. The average Bonchev–Trinajstić information content (AvgIpc) is 3.19. The summed E-state index contributed by atoms with van der Waals surface area (Å²) in [6, 6.07) is 12.3. The van der Waals surface area contributed by atoms with Gasteiger partial charge in [0.15, 0.2) is 0 Å². The standard InChI is InChI=1S/C9H11F.C8H6ClN.C6H13N.C6H12O/c1-3-8-6-9(10)5-4-7(8)2;1-6-2-3-7(5-10)8(9)4-6;1-6-3-4-7(2)5-6;1-3-4-6(2)5-7/h4-6H,3H2,1-2H3;2-4H,1H3;6H,3-5H2,1-2H3;5-6H,3-4H2,1-2H3. The number of aldehydes is 1. The van der Waals surface area contributed by atoms with Crippen molar-refractivity contribution in [2.45, 2.75) is 67.2 Å². The molecular weight excluding hydrogens is 447 g/mol. The van der Waals surface area contributed by atoms with Gasteiger partial charge in [0.25, 0.3) is 0 Å². The highest BCUT2D eigenvalue weighted by atomic mass is 35.5. The van der Waals surface area contributed by atoms with Crippen molar-refractivity contribution in [3.63, 3.8) is 0 Å². The van der Waals surface area contributed by atoms with Crippen LogP contribution in [0.4, 0.5) is 4.39 Å². The summed E-state index contributed by atoms with van der Waals surface area (Å²) in [5, 5.41) is 9.00. The topological polar surface area (TPSA) is 44.1 Å². The fourth-order valence-corrected chi connectivity index (χ4v) is 3.69. The van der Waals surface area contributed by atoms with Crippen molar-refractivity contribution < 1.29 is 9.18 Å². The molecule has 0 N–H and O–H groups in total. The molecule has 1 aliphatic heterocycles. The van der Waals surface area contributed by atoms with Crippen molar-refractivity contribution in [3.05, 3.63) is 69.5 Å². The summed E-state index contributed by atoms with van der Waals surface area (Å²) in [4.78, 5) is 12.3. The number of benzene rings is 2.